The van der Waals surface area contributed by atoms with Crippen molar-refractivity contribution in [3.8, 4) is 22.6 Å². The van der Waals surface area contributed by atoms with Gasteiger partial charge in [0, 0.05) is 11.3 Å². The van der Waals surface area contributed by atoms with Crippen LogP contribution in [0, 0.1) is 0 Å². The third kappa shape index (κ3) is 6.41. The minimum atomic E-state index is -4.80. The Labute approximate surface area is 165 Å². The molecule has 6 nitrogen and oxygen atoms in total. The largest absolute Gasteiger partial charge is 0.573 e. The van der Waals surface area contributed by atoms with Crippen LogP contribution in [0.2, 0.25) is 0 Å². The molecule has 0 heterocycles. The minimum Gasteiger partial charge on any atom is -0.490 e. The van der Waals surface area contributed by atoms with Crippen molar-refractivity contribution in [2.45, 2.75) is 39.2 Å². The maximum atomic E-state index is 12.4. The molecule has 0 aliphatic carbocycles. The van der Waals surface area contributed by atoms with E-state index < -0.39 is 18.2 Å². The van der Waals surface area contributed by atoms with E-state index in [4.69, 9.17) is 9.84 Å². The fourth-order valence-electron chi connectivity index (χ4n) is 2.59. The maximum absolute atomic E-state index is 12.4. The average Bonchev–Trinajstić information content (AvgIpc) is 2.66. The highest BCUT2D eigenvalue weighted by Gasteiger charge is 2.31. The van der Waals surface area contributed by atoms with Crippen LogP contribution in [0.4, 0.5) is 18.9 Å². The van der Waals surface area contributed by atoms with Gasteiger partial charge < -0.3 is 19.9 Å². The predicted octanol–water partition coefficient (Wildman–Crippen LogP) is 4.84. The number of carbonyl (C=O) groups is 2. The van der Waals surface area contributed by atoms with E-state index in [0.717, 1.165) is 25.0 Å². The number of alkyl halides is 3. The van der Waals surface area contributed by atoms with E-state index in [0.29, 0.717) is 16.9 Å². The lowest BCUT2D eigenvalue weighted by atomic mass is 10.0. The molecule has 2 N–H and O–H groups in total. The van der Waals surface area contributed by atoms with Crippen LogP contribution in [0.5, 0.6) is 11.5 Å². The Morgan fingerprint density at radius 2 is 1.69 bits per heavy atom. The summed E-state index contributed by atoms with van der Waals surface area (Å²) in [7, 11) is 0. The number of hydrogen-bond acceptors (Lipinski definition) is 4. The molecule has 29 heavy (non-hydrogen) atoms. The number of carbonyl (C=O) groups excluding carboxylic acids is 1. The van der Waals surface area contributed by atoms with E-state index in [9.17, 15) is 22.8 Å². The minimum absolute atomic E-state index is 0.0824. The van der Waals surface area contributed by atoms with Crippen molar-refractivity contribution in [1.29, 1.82) is 0 Å². The summed E-state index contributed by atoms with van der Waals surface area (Å²) < 4.78 is 46.9. The standard InChI is InChI=1S/C20H20F3NO5/c1-3-14(4-2)28-17-10-7-13(24-18(25)19(26)27)11-16(17)12-5-8-15(9-6-12)29-20(21,22)23/h5-11,14H,3-4H2,1-2H3,(H,24,25)(H,26,27). The Morgan fingerprint density at radius 1 is 1.07 bits per heavy atom. The third-order valence-corrected chi connectivity index (χ3v) is 4.03. The van der Waals surface area contributed by atoms with Gasteiger partial charge in [-0.1, -0.05) is 26.0 Å². The molecule has 2 aromatic carbocycles. The quantitative estimate of drug-likeness (QED) is 0.637. The number of aliphatic carboxylic acids is 1. The second kappa shape index (κ2) is 9.31. The molecule has 0 aliphatic heterocycles. The molecular weight excluding hydrogens is 391 g/mol. The Kier molecular flexibility index (Phi) is 7.08. The molecular formula is C20H20F3NO5. The molecule has 1 amide bonds. The number of carboxylic acids is 1. The maximum Gasteiger partial charge on any atom is 0.573 e. The Balaban J connectivity index is 2.41. The number of ether oxygens (including phenoxy) is 2. The van der Waals surface area contributed by atoms with Crippen molar-refractivity contribution in [2.75, 3.05) is 5.32 Å². The summed E-state index contributed by atoms with van der Waals surface area (Å²) in [5, 5.41) is 11.0. The normalized spacial score (nSPS) is 11.2. The lowest BCUT2D eigenvalue weighted by Gasteiger charge is -2.19. The lowest BCUT2D eigenvalue weighted by molar-refractivity contribution is -0.274. The van der Waals surface area contributed by atoms with E-state index in [2.05, 4.69) is 10.1 Å². The molecule has 156 valence electrons. The highest BCUT2D eigenvalue weighted by Crippen LogP contribution is 2.35. The van der Waals surface area contributed by atoms with Gasteiger partial charge in [-0.15, -0.1) is 13.2 Å². The second-order valence-electron chi connectivity index (χ2n) is 6.10. The Morgan fingerprint density at radius 3 is 2.21 bits per heavy atom. The molecule has 0 bridgehead atoms. The number of halogens is 3. The molecule has 9 heteroatoms. The van der Waals surface area contributed by atoms with Gasteiger partial charge in [-0.3, -0.25) is 4.79 Å². The van der Waals surface area contributed by atoms with Crippen molar-refractivity contribution in [3.05, 3.63) is 42.5 Å². The van der Waals surface area contributed by atoms with Crippen LogP contribution in [0.1, 0.15) is 26.7 Å². The lowest BCUT2D eigenvalue weighted by Crippen LogP contribution is -2.21. The van der Waals surface area contributed by atoms with E-state index in [1.54, 1.807) is 6.07 Å². The molecule has 0 spiro atoms. The number of amides is 1. The second-order valence-corrected chi connectivity index (χ2v) is 6.10. The van der Waals surface area contributed by atoms with Crippen LogP contribution in [0.25, 0.3) is 11.1 Å². The first-order chi connectivity index (χ1) is 13.6. The highest BCUT2D eigenvalue weighted by molar-refractivity contribution is 6.36. The number of carboxylic acid groups (broad SMARTS) is 1. The van der Waals surface area contributed by atoms with Crippen molar-refractivity contribution in [2.24, 2.45) is 0 Å². The summed E-state index contributed by atoms with van der Waals surface area (Å²) in [5.41, 5.74) is 1.20. The molecule has 0 aliphatic rings. The van der Waals surface area contributed by atoms with Gasteiger partial charge in [0.1, 0.15) is 11.5 Å². The van der Waals surface area contributed by atoms with Crippen molar-refractivity contribution < 1.29 is 37.3 Å². The van der Waals surface area contributed by atoms with E-state index >= 15 is 0 Å². The van der Waals surface area contributed by atoms with E-state index in [1.165, 1.54) is 24.3 Å². The Bertz CT molecular complexity index is 861. The molecule has 0 atom stereocenters. The van der Waals surface area contributed by atoms with Crippen LogP contribution in [0.15, 0.2) is 42.5 Å². The van der Waals surface area contributed by atoms with Crippen LogP contribution in [0.3, 0.4) is 0 Å². The first-order valence-electron chi connectivity index (χ1n) is 8.84. The van der Waals surface area contributed by atoms with Crippen LogP contribution < -0.4 is 14.8 Å². The molecule has 0 radical (unpaired) electrons. The number of benzene rings is 2. The number of anilines is 1. The van der Waals surface area contributed by atoms with Gasteiger partial charge in [0.2, 0.25) is 0 Å². The van der Waals surface area contributed by atoms with E-state index in [1.807, 2.05) is 13.8 Å². The molecule has 0 aromatic heterocycles. The van der Waals surface area contributed by atoms with Gasteiger partial charge >= 0.3 is 18.2 Å². The van der Waals surface area contributed by atoms with Crippen LogP contribution in [-0.4, -0.2) is 29.4 Å². The number of hydrogen-bond donors (Lipinski definition) is 2. The van der Waals surface area contributed by atoms with Crippen molar-refractivity contribution >= 4 is 17.6 Å². The van der Waals surface area contributed by atoms with Gasteiger partial charge in [-0.05, 0) is 48.7 Å². The number of nitrogens with one attached hydrogen (secondary N) is 1. The Hall–Kier alpha value is -3.23. The predicted molar refractivity (Wildman–Crippen MR) is 99.8 cm³/mol. The van der Waals surface area contributed by atoms with Crippen molar-refractivity contribution in [1.82, 2.24) is 0 Å². The average molecular weight is 411 g/mol. The fraction of sp³-hybridized carbons (Fsp3) is 0.300. The summed E-state index contributed by atoms with van der Waals surface area (Å²) in [5.74, 6) is -2.77. The van der Waals surface area contributed by atoms with Gasteiger partial charge in [0.25, 0.3) is 0 Å². The molecule has 2 aromatic rings. The fourth-order valence-corrected chi connectivity index (χ4v) is 2.59. The molecule has 2 rings (SSSR count). The SMILES string of the molecule is CCC(CC)Oc1ccc(NC(=O)C(=O)O)cc1-c1ccc(OC(F)(F)F)cc1. The van der Waals surface area contributed by atoms with Gasteiger partial charge in [-0.2, -0.15) is 0 Å². The zero-order chi connectivity index (χ0) is 21.6. The summed E-state index contributed by atoms with van der Waals surface area (Å²) in [6.45, 7) is 3.91. The molecule has 0 unspecified atom stereocenters. The van der Waals surface area contributed by atoms with Crippen molar-refractivity contribution in [3.63, 3.8) is 0 Å². The zero-order valence-electron chi connectivity index (χ0n) is 15.7. The van der Waals surface area contributed by atoms with Crippen LogP contribution >= 0.6 is 0 Å². The first-order valence-corrected chi connectivity index (χ1v) is 8.84. The summed E-state index contributed by atoms with van der Waals surface area (Å²) >= 11 is 0. The molecule has 0 fully saturated rings. The van der Waals surface area contributed by atoms with Crippen LogP contribution in [-0.2, 0) is 9.59 Å². The molecule has 0 saturated heterocycles. The molecule has 0 saturated carbocycles. The summed E-state index contributed by atoms with van der Waals surface area (Å²) in [6, 6.07) is 9.71. The first kappa shape index (κ1) is 22.1. The summed E-state index contributed by atoms with van der Waals surface area (Å²) in [4.78, 5) is 22.2. The highest BCUT2D eigenvalue weighted by atomic mass is 19.4. The van der Waals surface area contributed by atoms with Gasteiger partial charge in [0.15, 0.2) is 0 Å². The van der Waals surface area contributed by atoms with Gasteiger partial charge in [-0.25, -0.2) is 4.79 Å². The smallest absolute Gasteiger partial charge is 0.490 e. The summed E-state index contributed by atoms with van der Waals surface area (Å²) in [6.07, 6.45) is -3.40. The topological polar surface area (TPSA) is 84.9 Å². The monoisotopic (exact) mass is 411 g/mol. The number of rotatable bonds is 7. The zero-order valence-corrected chi connectivity index (χ0v) is 15.7. The third-order valence-electron chi connectivity index (χ3n) is 4.03. The van der Waals surface area contributed by atoms with Gasteiger partial charge in [0.05, 0.1) is 6.10 Å². The van der Waals surface area contributed by atoms with E-state index in [-0.39, 0.29) is 17.5 Å².